The molecule has 1 aromatic rings. The fraction of sp³-hybridized carbons (Fsp3) is 0.632. The highest BCUT2D eigenvalue weighted by Crippen LogP contribution is 2.27. The van der Waals surface area contributed by atoms with E-state index >= 15 is 0 Å². The number of piperazine rings is 1. The highest BCUT2D eigenvalue weighted by Gasteiger charge is 2.34. The molecule has 2 atom stereocenters. The van der Waals surface area contributed by atoms with Crippen molar-refractivity contribution in [1.29, 1.82) is 0 Å². The van der Waals surface area contributed by atoms with Crippen LogP contribution in [0.15, 0.2) is 30.3 Å². The van der Waals surface area contributed by atoms with Crippen LogP contribution in [-0.4, -0.2) is 77.6 Å². The molecule has 3 rings (SSSR count). The molecule has 0 radical (unpaired) electrons. The Hall–Kier alpha value is -1.43. The van der Waals surface area contributed by atoms with Gasteiger partial charge in [-0.25, -0.2) is 0 Å². The molecule has 0 aliphatic carbocycles. The third-order valence-electron chi connectivity index (χ3n) is 5.06. The molecule has 2 aliphatic rings. The lowest BCUT2D eigenvalue weighted by molar-refractivity contribution is -0.138. The summed E-state index contributed by atoms with van der Waals surface area (Å²) in [7, 11) is 0. The molecule has 24 heavy (non-hydrogen) atoms. The number of rotatable bonds is 5. The van der Waals surface area contributed by atoms with Gasteiger partial charge in [-0.15, -0.1) is 0 Å². The van der Waals surface area contributed by atoms with Gasteiger partial charge in [0.2, 0.25) is 5.91 Å². The second kappa shape index (κ2) is 8.10. The first-order valence-corrected chi connectivity index (χ1v) is 9.13. The summed E-state index contributed by atoms with van der Waals surface area (Å²) >= 11 is 0. The van der Waals surface area contributed by atoms with E-state index in [2.05, 4.69) is 21.9 Å². The van der Waals surface area contributed by atoms with Crippen LogP contribution in [0.4, 0.5) is 0 Å². The van der Waals surface area contributed by atoms with E-state index < -0.39 is 0 Å². The first-order valence-electron chi connectivity index (χ1n) is 9.13. The number of likely N-dealkylation sites (tertiary alicyclic amines) is 1. The second-order valence-electron chi connectivity index (χ2n) is 7.03. The maximum atomic E-state index is 13.2. The Kier molecular flexibility index (Phi) is 5.87. The van der Waals surface area contributed by atoms with Crippen LogP contribution in [0, 0.1) is 0 Å². The predicted octanol–water partition coefficient (Wildman–Crippen LogP) is 1.35. The van der Waals surface area contributed by atoms with Gasteiger partial charge in [0, 0.05) is 32.7 Å². The maximum Gasteiger partial charge on any atom is 0.244 e. The molecular formula is C19H29N3O2. The highest BCUT2D eigenvalue weighted by molar-refractivity contribution is 5.83. The monoisotopic (exact) mass is 331 g/mol. The van der Waals surface area contributed by atoms with Gasteiger partial charge in [-0.3, -0.25) is 14.6 Å². The number of aliphatic hydroxyl groups excluding tert-OH is 1. The molecule has 132 valence electrons. The van der Waals surface area contributed by atoms with E-state index in [1.165, 1.54) is 12.8 Å². The highest BCUT2D eigenvalue weighted by atomic mass is 16.3. The standard InChI is InChI=1S/C19H29N3O2/c1-16(23)15-20-11-13-22(14-12-20)19(24)18(21-9-5-6-10-21)17-7-3-2-4-8-17/h2-4,7-8,16,18,23H,5-6,9-15H2,1H3/t16-,18-/m0/s1. The summed E-state index contributed by atoms with van der Waals surface area (Å²) in [5, 5.41) is 9.53. The summed E-state index contributed by atoms with van der Waals surface area (Å²) in [6.45, 7) is 7.72. The van der Waals surface area contributed by atoms with Gasteiger partial charge in [-0.05, 0) is 38.4 Å². The fourth-order valence-corrected chi connectivity index (χ4v) is 3.84. The number of aliphatic hydroxyl groups is 1. The Morgan fingerprint density at radius 1 is 1.04 bits per heavy atom. The number of β-amino-alcohol motifs (C(OH)–C–C–N with tert-alkyl or cyclic N) is 1. The molecule has 0 spiro atoms. The molecular weight excluding hydrogens is 302 g/mol. The lowest BCUT2D eigenvalue weighted by atomic mass is 10.0. The average molecular weight is 331 g/mol. The normalized spacial score (nSPS) is 22.5. The number of nitrogens with zero attached hydrogens (tertiary/aromatic N) is 3. The Labute approximate surface area is 144 Å². The Morgan fingerprint density at radius 3 is 2.25 bits per heavy atom. The van der Waals surface area contributed by atoms with Crippen LogP contribution >= 0.6 is 0 Å². The van der Waals surface area contributed by atoms with E-state index in [4.69, 9.17) is 0 Å². The van der Waals surface area contributed by atoms with Crippen molar-refractivity contribution in [3.8, 4) is 0 Å². The summed E-state index contributed by atoms with van der Waals surface area (Å²) in [5.41, 5.74) is 1.11. The zero-order chi connectivity index (χ0) is 16.9. The van der Waals surface area contributed by atoms with Crippen molar-refractivity contribution < 1.29 is 9.90 Å². The third kappa shape index (κ3) is 4.15. The maximum absolute atomic E-state index is 13.2. The van der Waals surface area contributed by atoms with Crippen molar-refractivity contribution in [2.45, 2.75) is 31.9 Å². The van der Waals surface area contributed by atoms with E-state index in [1.54, 1.807) is 0 Å². The largest absolute Gasteiger partial charge is 0.392 e. The van der Waals surface area contributed by atoms with Gasteiger partial charge in [0.05, 0.1) is 6.10 Å². The van der Waals surface area contributed by atoms with Crippen molar-refractivity contribution in [3.63, 3.8) is 0 Å². The number of hydrogen-bond donors (Lipinski definition) is 1. The van der Waals surface area contributed by atoms with Gasteiger partial charge in [0.1, 0.15) is 6.04 Å². The van der Waals surface area contributed by atoms with Gasteiger partial charge >= 0.3 is 0 Å². The molecule has 2 aliphatic heterocycles. The lowest BCUT2D eigenvalue weighted by Crippen LogP contribution is -2.52. The van der Waals surface area contributed by atoms with Crippen molar-refractivity contribution in [1.82, 2.24) is 14.7 Å². The summed E-state index contributed by atoms with van der Waals surface area (Å²) in [4.78, 5) is 19.8. The van der Waals surface area contributed by atoms with Gasteiger partial charge in [0.25, 0.3) is 0 Å². The molecule has 0 bridgehead atoms. The number of amides is 1. The minimum absolute atomic E-state index is 0.142. The van der Waals surface area contributed by atoms with Crippen molar-refractivity contribution in [3.05, 3.63) is 35.9 Å². The Bertz CT molecular complexity index is 521. The van der Waals surface area contributed by atoms with Crippen LogP contribution in [0.1, 0.15) is 31.4 Å². The minimum Gasteiger partial charge on any atom is -0.392 e. The number of benzene rings is 1. The predicted molar refractivity (Wildman–Crippen MR) is 94.7 cm³/mol. The molecule has 1 aromatic carbocycles. The molecule has 2 heterocycles. The number of hydrogen-bond acceptors (Lipinski definition) is 4. The van der Waals surface area contributed by atoms with Crippen LogP contribution in [0.3, 0.4) is 0 Å². The van der Waals surface area contributed by atoms with E-state index in [1.807, 2.05) is 30.0 Å². The molecule has 1 amide bonds. The molecule has 5 heteroatoms. The van der Waals surface area contributed by atoms with Gasteiger partial charge in [-0.2, -0.15) is 0 Å². The molecule has 0 unspecified atom stereocenters. The second-order valence-corrected chi connectivity index (χ2v) is 7.03. The van der Waals surface area contributed by atoms with E-state index in [0.29, 0.717) is 6.54 Å². The van der Waals surface area contributed by atoms with Gasteiger partial charge < -0.3 is 10.0 Å². The minimum atomic E-state index is -0.311. The zero-order valence-electron chi connectivity index (χ0n) is 14.6. The zero-order valence-corrected chi connectivity index (χ0v) is 14.6. The SMILES string of the molecule is C[C@H](O)CN1CCN(C(=O)[C@H](c2ccccc2)N2CCCC2)CC1. The molecule has 2 saturated heterocycles. The lowest BCUT2D eigenvalue weighted by Gasteiger charge is -2.38. The van der Waals surface area contributed by atoms with Crippen LogP contribution in [0.25, 0.3) is 0 Å². The topological polar surface area (TPSA) is 47.0 Å². The molecule has 5 nitrogen and oxygen atoms in total. The Morgan fingerprint density at radius 2 is 1.67 bits per heavy atom. The number of carbonyl (C=O) groups excluding carboxylic acids is 1. The quantitative estimate of drug-likeness (QED) is 0.885. The van der Waals surface area contributed by atoms with Gasteiger partial charge in [0.15, 0.2) is 0 Å². The summed E-state index contributed by atoms with van der Waals surface area (Å²) in [6, 6.07) is 10.1. The van der Waals surface area contributed by atoms with Crippen molar-refractivity contribution in [2.24, 2.45) is 0 Å². The first kappa shape index (κ1) is 17.4. The molecule has 0 saturated carbocycles. The molecule has 0 aromatic heterocycles. The average Bonchev–Trinajstić information content (AvgIpc) is 3.10. The summed E-state index contributed by atoms with van der Waals surface area (Å²) < 4.78 is 0. The molecule has 2 fully saturated rings. The van der Waals surface area contributed by atoms with Crippen LogP contribution < -0.4 is 0 Å². The Balaban J connectivity index is 1.68. The van der Waals surface area contributed by atoms with Crippen LogP contribution in [0.5, 0.6) is 0 Å². The third-order valence-corrected chi connectivity index (χ3v) is 5.06. The van der Waals surface area contributed by atoms with Crippen LogP contribution in [-0.2, 0) is 4.79 Å². The smallest absolute Gasteiger partial charge is 0.244 e. The fourth-order valence-electron chi connectivity index (χ4n) is 3.84. The van der Waals surface area contributed by atoms with E-state index in [9.17, 15) is 9.90 Å². The first-order chi connectivity index (χ1) is 11.6. The van der Waals surface area contributed by atoms with Crippen LogP contribution in [0.2, 0.25) is 0 Å². The van der Waals surface area contributed by atoms with Gasteiger partial charge in [-0.1, -0.05) is 30.3 Å². The summed E-state index contributed by atoms with van der Waals surface area (Å²) in [6.07, 6.45) is 2.05. The van der Waals surface area contributed by atoms with Crippen molar-refractivity contribution in [2.75, 3.05) is 45.8 Å². The van der Waals surface area contributed by atoms with E-state index in [-0.39, 0.29) is 18.1 Å². The number of carbonyl (C=O) groups is 1. The van der Waals surface area contributed by atoms with E-state index in [0.717, 1.165) is 44.8 Å². The summed E-state index contributed by atoms with van der Waals surface area (Å²) in [5.74, 6) is 0.236. The molecule has 1 N–H and O–H groups in total. The van der Waals surface area contributed by atoms with Crippen molar-refractivity contribution >= 4 is 5.91 Å².